The van der Waals surface area contributed by atoms with Crippen molar-refractivity contribution in [1.82, 2.24) is 15.0 Å². The van der Waals surface area contributed by atoms with Crippen LogP contribution in [0.25, 0.3) is 0 Å². The van der Waals surface area contributed by atoms with Gasteiger partial charge in [0, 0.05) is 35.7 Å². The van der Waals surface area contributed by atoms with Crippen LogP contribution in [0.1, 0.15) is 43.8 Å². The molecule has 0 aliphatic carbocycles. The number of aryl methyl sites for hydroxylation is 2. The molecule has 3 aromatic rings. The molecule has 0 unspecified atom stereocenters. The van der Waals surface area contributed by atoms with Crippen LogP contribution in [-0.2, 0) is 6.42 Å². The Morgan fingerprint density at radius 1 is 0.750 bits per heavy atom. The van der Waals surface area contributed by atoms with Gasteiger partial charge in [-0.05, 0) is 55.7 Å². The van der Waals surface area contributed by atoms with Gasteiger partial charge in [-0.3, -0.25) is 15.0 Å². The molecule has 0 amide bonds. The topological polar surface area (TPSA) is 38.7 Å². The first-order valence-electron chi connectivity index (χ1n) is 8.32. The van der Waals surface area contributed by atoms with Crippen molar-refractivity contribution in [3.63, 3.8) is 0 Å². The summed E-state index contributed by atoms with van der Waals surface area (Å²) in [5, 5.41) is 0. The molecule has 0 aliphatic rings. The van der Waals surface area contributed by atoms with Gasteiger partial charge in [0.25, 0.3) is 0 Å². The number of hydrogen-bond acceptors (Lipinski definition) is 3. The van der Waals surface area contributed by atoms with Crippen LogP contribution >= 0.6 is 0 Å². The maximum atomic E-state index is 4.18. The molecule has 0 N–H and O–H groups in total. The highest BCUT2D eigenvalue weighted by molar-refractivity contribution is 5.06. The molecule has 0 saturated heterocycles. The zero-order valence-corrected chi connectivity index (χ0v) is 15.1. The molecule has 0 radical (unpaired) electrons. The van der Waals surface area contributed by atoms with Gasteiger partial charge >= 0.3 is 0 Å². The summed E-state index contributed by atoms with van der Waals surface area (Å²) >= 11 is 0. The second-order valence-corrected chi connectivity index (χ2v) is 5.56. The highest BCUT2D eigenvalue weighted by Gasteiger charge is 1.95. The van der Waals surface area contributed by atoms with E-state index in [4.69, 9.17) is 0 Å². The van der Waals surface area contributed by atoms with E-state index in [2.05, 4.69) is 35.7 Å². The van der Waals surface area contributed by atoms with Crippen molar-refractivity contribution in [1.29, 1.82) is 0 Å². The molecule has 3 nitrogen and oxygen atoms in total. The first kappa shape index (κ1) is 19.5. The lowest BCUT2D eigenvalue weighted by Gasteiger charge is -2.00. The smallest absolute Gasteiger partial charge is 0.0428 e. The number of nitrogens with zero attached hydrogens (tertiary/aromatic N) is 3. The fourth-order valence-corrected chi connectivity index (χ4v) is 1.77. The molecule has 0 saturated carbocycles. The Morgan fingerprint density at radius 2 is 1.33 bits per heavy atom. The van der Waals surface area contributed by atoms with E-state index in [1.807, 2.05) is 73.9 Å². The predicted octanol–water partition coefficient (Wildman–Crippen LogP) is 5.24. The quantitative estimate of drug-likeness (QED) is 0.648. The van der Waals surface area contributed by atoms with Crippen molar-refractivity contribution in [3.8, 4) is 0 Å². The molecular weight excluding hydrogens is 294 g/mol. The van der Waals surface area contributed by atoms with Crippen LogP contribution in [0.4, 0.5) is 0 Å². The standard InChI is InChI=1S/C8H11N.C7H9N.C6H7N/c1-7(2)8-5-3-4-6-9-8;1-2-7-5-3-4-6-8-7;1-6-4-2-3-5-7-6/h3-7H,1-2H3;3-6H,2H2,1H3;2-5H,1H3. The monoisotopic (exact) mass is 321 g/mol. The fraction of sp³-hybridized carbons (Fsp3) is 0.286. The van der Waals surface area contributed by atoms with Gasteiger partial charge in [-0.15, -0.1) is 0 Å². The van der Waals surface area contributed by atoms with Crippen molar-refractivity contribution in [3.05, 3.63) is 90.3 Å². The molecule has 0 spiro atoms. The number of pyridine rings is 3. The summed E-state index contributed by atoms with van der Waals surface area (Å²) in [7, 11) is 0. The fourth-order valence-electron chi connectivity index (χ4n) is 1.77. The van der Waals surface area contributed by atoms with E-state index >= 15 is 0 Å². The molecule has 126 valence electrons. The lowest BCUT2D eigenvalue weighted by atomic mass is 10.1. The normalized spacial score (nSPS) is 9.38. The maximum Gasteiger partial charge on any atom is 0.0428 e. The first-order chi connectivity index (χ1) is 11.6. The molecular formula is C21H27N3. The third-order valence-corrected chi connectivity index (χ3v) is 3.18. The van der Waals surface area contributed by atoms with E-state index in [9.17, 15) is 0 Å². The van der Waals surface area contributed by atoms with E-state index in [1.165, 1.54) is 0 Å². The summed E-state index contributed by atoms with van der Waals surface area (Å²) < 4.78 is 0. The molecule has 3 rings (SSSR count). The average molecular weight is 321 g/mol. The SMILES string of the molecule is CC(C)c1ccccn1.CCc1ccccn1.Cc1ccccn1. The van der Waals surface area contributed by atoms with E-state index < -0.39 is 0 Å². The molecule has 3 heterocycles. The van der Waals surface area contributed by atoms with Gasteiger partial charge in [0.1, 0.15) is 0 Å². The lowest BCUT2D eigenvalue weighted by Crippen LogP contribution is -1.88. The number of hydrogen-bond donors (Lipinski definition) is 0. The lowest BCUT2D eigenvalue weighted by molar-refractivity contribution is 0.823. The van der Waals surface area contributed by atoms with Crippen molar-refractivity contribution >= 4 is 0 Å². The first-order valence-corrected chi connectivity index (χ1v) is 8.32. The maximum absolute atomic E-state index is 4.18. The molecule has 0 aromatic carbocycles. The third kappa shape index (κ3) is 8.79. The summed E-state index contributed by atoms with van der Waals surface area (Å²) in [6, 6.07) is 17.8. The molecule has 0 aliphatic heterocycles. The minimum Gasteiger partial charge on any atom is -0.262 e. The highest BCUT2D eigenvalue weighted by atomic mass is 14.7. The van der Waals surface area contributed by atoms with E-state index in [-0.39, 0.29) is 0 Å². The van der Waals surface area contributed by atoms with Crippen LogP contribution < -0.4 is 0 Å². The Labute approximate surface area is 145 Å². The molecule has 0 bridgehead atoms. The Balaban J connectivity index is 0.000000181. The van der Waals surface area contributed by atoms with Crippen LogP contribution in [0.2, 0.25) is 0 Å². The Kier molecular flexibility index (Phi) is 9.70. The van der Waals surface area contributed by atoms with Gasteiger partial charge in [0.15, 0.2) is 0 Å². The van der Waals surface area contributed by atoms with E-state index in [1.54, 1.807) is 6.20 Å². The van der Waals surface area contributed by atoms with Crippen LogP contribution in [0.15, 0.2) is 73.2 Å². The zero-order chi connectivity index (χ0) is 17.6. The van der Waals surface area contributed by atoms with Gasteiger partial charge in [-0.25, -0.2) is 0 Å². The minimum atomic E-state index is 0.547. The second-order valence-electron chi connectivity index (χ2n) is 5.56. The molecule has 3 aromatic heterocycles. The Bertz CT molecular complexity index is 638. The molecule has 3 heteroatoms. The average Bonchev–Trinajstić information content (AvgIpc) is 2.65. The molecule has 24 heavy (non-hydrogen) atoms. The van der Waals surface area contributed by atoms with Crippen molar-refractivity contribution in [2.24, 2.45) is 0 Å². The summed E-state index contributed by atoms with van der Waals surface area (Å²) in [4.78, 5) is 12.3. The summed E-state index contributed by atoms with van der Waals surface area (Å²) in [5.41, 5.74) is 3.40. The minimum absolute atomic E-state index is 0.547. The van der Waals surface area contributed by atoms with Gasteiger partial charge < -0.3 is 0 Å². The van der Waals surface area contributed by atoms with Crippen molar-refractivity contribution < 1.29 is 0 Å². The second kappa shape index (κ2) is 11.9. The van der Waals surface area contributed by atoms with Crippen LogP contribution in [0.3, 0.4) is 0 Å². The summed E-state index contributed by atoms with van der Waals surface area (Å²) in [6.45, 7) is 8.35. The van der Waals surface area contributed by atoms with Crippen molar-refractivity contribution in [2.45, 2.75) is 40.0 Å². The van der Waals surface area contributed by atoms with Gasteiger partial charge in [-0.1, -0.05) is 39.0 Å². The van der Waals surface area contributed by atoms with Crippen molar-refractivity contribution in [2.75, 3.05) is 0 Å². The van der Waals surface area contributed by atoms with E-state index in [0.717, 1.165) is 23.5 Å². The molecule has 0 atom stereocenters. The van der Waals surface area contributed by atoms with Gasteiger partial charge in [-0.2, -0.15) is 0 Å². The summed E-state index contributed by atoms with van der Waals surface area (Å²) in [5.74, 6) is 0.547. The predicted molar refractivity (Wildman–Crippen MR) is 101 cm³/mol. The summed E-state index contributed by atoms with van der Waals surface area (Å²) in [6.07, 6.45) is 6.46. The Hall–Kier alpha value is -2.55. The Morgan fingerprint density at radius 3 is 1.58 bits per heavy atom. The van der Waals surface area contributed by atoms with E-state index in [0.29, 0.717) is 5.92 Å². The zero-order valence-electron chi connectivity index (χ0n) is 15.1. The largest absolute Gasteiger partial charge is 0.262 e. The highest BCUT2D eigenvalue weighted by Crippen LogP contribution is 2.08. The van der Waals surface area contributed by atoms with Crippen LogP contribution in [-0.4, -0.2) is 15.0 Å². The number of rotatable bonds is 2. The van der Waals surface area contributed by atoms with Gasteiger partial charge in [0.2, 0.25) is 0 Å². The third-order valence-electron chi connectivity index (χ3n) is 3.18. The van der Waals surface area contributed by atoms with Gasteiger partial charge in [0.05, 0.1) is 0 Å². The number of aromatic nitrogens is 3. The molecule has 0 fully saturated rings. The van der Waals surface area contributed by atoms with Crippen LogP contribution in [0, 0.1) is 6.92 Å². The van der Waals surface area contributed by atoms with Crippen LogP contribution in [0.5, 0.6) is 0 Å².